The van der Waals surface area contributed by atoms with E-state index in [9.17, 15) is 18.0 Å². The van der Waals surface area contributed by atoms with Crippen LogP contribution < -0.4 is 10.0 Å². The molecule has 2 rings (SSSR count). The zero-order valence-corrected chi connectivity index (χ0v) is 16.0. The third-order valence-corrected chi connectivity index (χ3v) is 5.08. The van der Waals surface area contributed by atoms with E-state index in [4.69, 9.17) is 4.74 Å². The molecule has 0 aliphatic rings. The van der Waals surface area contributed by atoms with Crippen molar-refractivity contribution in [2.24, 2.45) is 0 Å². The zero-order valence-electron chi connectivity index (χ0n) is 15.2. The second-order valence-electron chi connectivity index (χ2n) is 6.06. The van der Waals surface area contributed by atoms with Gasteiger partial charge >= 0.3 is 5.97 Å². The largest absolute Gasteiger partial charge is 0.460 e. The molecule has 144 valence electrons. The molecular weight excluding hydrogens is 368 g/mol. The van der Waals surface area contributed by atoms with Crippen LogP contribution in [0, 0.1) is 13.8 Å². The van der Waals surface area contributed by atoms with Crippen molar-refractivity contribution >= 4 is 21.9 Å². The number of hydrogen-bond acceptors (Lipinski definition) is 5. The molecule has 27 heavy (non-hydrogen) atoms. The van der Waals surface area contributed by atoms with Crippen molar-refractivity contribution in [2.75, 3.05) is 13.1 Å². The highest BCUT2D eigenvalue weighted by Gasteiger charge is 2.15. The van der Waals surface area contributed by atoms with Gasteiger partial charge in [-0.1, -0.05) is 47.5 Å². The SMILES string of the molecule is Cc1ccc(S(=O)(=O)NCC(=O)NCC(=O)OCc2cccc(C)c2)cc1. The van der Waals surface area contributed by atoms with Gasteiger partial charge in [-0.3, -0.25) is 9.59 Å². The molecule has 0 unspecified atom stereocenters. The first-order chi connectivity index (χ1) is 12.8. The van der Waals surface area contributed by atoms with Crippen LogP contribution in [0.4, 0.5) is 0 Å². The van der Waals surface area contributed by atoms with Crippen molar-refractivity contribution in [3.05, 3.63) is 65.2 Å². The van der Waals surface area contributed by atoms with Gasteiger partial charge in [0.2, 0.25) is 15.9 Å². The van der Waals surface area contributed by atoms with E-state index in [2.05, 4.69) is 10.0 Å². The second kappa shape index (κ2) is 9.29. The lowest BCUT2D eigenvalue weighted by Gasteiger charge is -2.09. The number of carbonyl (C=O) groups excluding carboxylic acids is 2. The lowest BCUT2D eigenvalue weighted by molar-refractivity contribution is -0.145. The van der Waals surface area contributed by atoms with E-state index in [1.807, 2.05) is 38.1 Å². The van der Waals surface area contributed by atoms with Crippen LogP contribution in [-0.4, -0.2) is 33.4 Å². The van der Waals surface area contributed by atoms with Gasteiger partial charge in [-0.15, -0.1) is 0 Å². The van der Waals surface area contributed by atoms with E-state index in [0.717, 1.165) is 16.7 Å². The van der Waals surface area contributed by atoms with Gasteiger partial charge in [0.05, 0.1) is 11.4 Å². The summed E-state index contributed by atoms with van der Waals surface area (Å²) in [4.78, 5) is 23.5. The number of sulfonamides is 1. The maximum absolute atomic E-state index is 12.1. The molecular formula is C19H22N2O5S. The van der Waals surface area contributed by atoms with Gasteiger partial charge in [-0.2, -0.15) is 0 Å². The predicted octanol–water partition coefficient (Wildman–Crippen LogP) is 1.44. The van der Waals surface area contributed by atoms with Crippen LogP contribution >= 0.6 is 0 Å². The first kappa shape index (κ1) is 20.6. The number of rotatable bonds is 8. The first-order valence-electron chi connectivity index (χ1n) is 8.30. The second-order valence-corrected chi connectivity index (χ2v) is 7.83. The lowest BCUT2D eigenvalue weighted by atomic mass is 10.1. The van der Waals surface area contributed by atoms with Crippen LogP contribution in [0.1, 0.15) is 16.7 Å². The minimum atomic E-state index is -3.79. The maximum atomic E-state index is 12.1. The molecule has 7 nitrogen and oxygen atoms in total. The Morgan fingerprint density at radius 1 is 0.963 bits per heavy atom. The molecule has 0 heterocycles. The molecule has 0 aliphatic carbocycles. The van der Waals surface area contributed by atoms with Crippen LogP contribution in [-0.2, 0) is 31.0 Å². The molecule has 0 saturated heterocycles. The summed E-state index contributed by atoms with van der Waals surface area (Å²) in [6.07, 6.45) is 0. The summed E-state index contributed by atoms with van der Waals surface area (Å²) < 4.78 is 31.4. The van der Waals surface area contributed by atoms with Crippen molar-refractivity contribution in [3.63, 3.8) is 0 Å². The van der Waals surface area contributed by atoms with E-state index < -0.39 is 28.4 Å². The van der Waals surface area contributed by atoms with Crippen LogP contribution in [0.25, 0.3) is 0 Å². The summed E-state index contributed by atoms with van der Waals surface area (Å²) in [5, 5.41) is 2.32. The molecule has 0 spiro atoms. The topological polar surface area (TPSA) is 102 Å². The van der Waals surface area contributed by atoms with Crippen LogP contribution in [0.3, 0.4) is 0 Å². The molecule has 0 atom stereocenters. The van der Waals surface area contributed by atoms with Gasteiger partial charge in [0, 0.05) is 0 Å². The Hall–Kier alpha value is -2.71. The third-order valence-electron chi connectivity index (χ3n) is 3.67. The first-order valence-corrected chi connectivity index (χ1v) is 9.79. The van der Waals surface area contributed by atoms with Gasteiger partial charge in [-0.25, -0.2) is 13.1 Å². The molecule has 0 aromatic heterocycles. The van der Waals surface area contributed by atoms with Crippen molar-refractivity contribution < 1.29 is 22.7 Å². The van der Waals surface area contributed by atoms with Gasteiger partial charge in [0.15, 0.2) is 0 Å². The molecule has 8 heteroatoms. The molecule has 0 saturated carbocycles. The van der Waals surface area contributed by atoms with Crippen LogP contribution in [0.5, 0.6) is 0 Å². The Kier molecular flexibility index (Phi) is 7.09. The molecule has 0 aliphatic heterocycles. The summed E-state index contributed by atoms with van der Waals surface area (Å²) in [7, 11) is -3.79. The van der Waals surface area contributed by atoms with Crippen molar-refractivity contribution in [1.82, 2.24) is 10.0 Å². The number of carbonyl (C=O) groups is 2. The Labute approximate surface area is 158 Å². The highest BCUT2D eigenvalue weighted by atomic mass is 32.2. The third kappa shape index (κ3) is 6.84. The summed E-state index contributed by atoms with van der Waals surface area (Å²) >= 11 is 0. The smallest absolute Gasteiger partial charge is 0.325 e. The highest BCUT2D eigenvalue weighted by molar-refractivity contribution is 7.89. The lowest BCUT2D eigenvalue weighted by Crippen LogP contribution is -2.39. The van der Waals surface area contributed by atoms with Gasteiger partial charge in [0.25, 0.3) is 0 Å². The number of ether oxygens (including phenoxy) is 1. The van der Waals surface area contributed by atoms with E-state index in [1.165, 1.54) is 12.1 Å². The molecule has 0 radical (unpaired) electrons. The highest BCUT2D eigenvalue weighted by Crippen LogP contribution is 2.09. The number of nitrogens with one attached hydrogen (secondary N) is 2. The standard InChI is InChI=1S/C19H22N2O5S/c1-14-6-8-17(9-7-14)27(24,25)21-11-18(22)20-12-19(23)26-13-16-5-3-4-15(2)10-16/h3-10,21H,11-13H2,1-2H3,(H,20,22). The maximum Gasteiger partial charge on any atom is 0.325 e. The van der Waals surface area contributed by atoms with E-state index in [0.29, 0.717) is 0 Å². The summed E-state index contributed by atoms with van der Waals surface area (Å²) in [6, 6.07) is 13.8. The summed E-state index contributed by atoms with van der Waals surface area (Å²) in [5.74, 6) is -1.23. The van der Waals surface area contributed by atoms with Crippen molar-refractivity contribution in [1.29, 1.82) is 0 Å². The molecule has 0 fully saturated rings. The summed E-state index contributed by atoms with van der Waals surface area (Å²) in [5.41, 5.74) is 2.83. The molecule has 1 amide bonds. The average molecular weight is 390 g/mol. The van der Waals surface area contributed by atoms with Crippen molar-refractivity contribution in [3.8, 4) is 0 Å². The molecule has 2 N–H and O–H groups in total. The van der Waals surface area contributed by atoms with Crippen LogP contribution in [0.2, 0.25) is 0 Å². The van der Waals surface area contributed by atoms with E-state index in [1.54, 1.807) is 12.1 Å². The van der Waals surface area contributed by atoms with Crippen molar-refractivity contribution in [2.45, 2.75) is 25.3 Å². The van der Waals surface area contributed by atoms with Gasteiger partial charge in [0.1, 0.15) is 13.2 Å². The molecule has 2 aromatic rings. The zero-order chi connectivity index (χ0) is 19.9. The van der Waals surface area contributed by atoms with Gasteiger partial charge < -0.3 is 10.1 Å². The quantitative estimate of drug-likeness (QED) is 0.664. The van der Waals surface area contributed by atoms with E-state index in [-0.39, 0.29) is 18.0 Å². The van der Waals surface area contributed by atoms with E-state index >= 15 is 0 Å². The minimum absolute atomic E-state index is 0.0680. The average Bonchev–Trinajstić information content (AvgIpc) is 2.63. The Morgan fingerprint density at radius 3 is 2.33 bits per heavy atom. The van der Waals surface area contributed by atoms with Gasteiger partial charge in [-0.05, 0) is 31.5 Å². The number of amides is 1. The Balaban J connectivity index is 1.73. The normalized spacial score (nSPS) is 11.0. The fraction of sp³-hybridized carbons (Fsp3) is 0.263. The molecule has 0 bridgehead atoms. The summed E-state index contributed by atoms with van der Waals surface area (Å²) in [6.45, 7) is 3.08. The Morgan fingerprint density at radius 2 is 1.67 bits per heavy atom. The molecule has 2 aromatic carbocycles. The predicted molar refractivity (Wildman–Crippen MR) is 100 cm³/mol. The fourth-order valence-electron chi connectivity index (χ4n) is 2.21. The number of hydrogen-bond donors (Lipinski definition) is 2. The number of esters is 1. The number of benzene rings is 2. The fourth-order valence-corrected chi connectivity index (χ4v) is 3.19. The minimum Gasteiger partial charge on any atom is -0.460 e. The number of aryl methyl sites for hydroxylation is 2. The monoisotopic (exact) mass is 390 g/mol. The Bertz CT molecular complexity index is 908. The van der Waals surface area contributed by atoms with Crippen LogP contribution in [0.15, 0.2) is 53.4 Å².